The highest BCUT2D eigenvalue weighted by atomic mass is 32.2. The van der Waals surface area contributed by atoms with Gasteiger partial charge in [-0.25, -0.2) is 8.42 Å². The zero-order valence-corrected chi connectivity index (χ0v) is 15.3. The molecule has 0 spiro atoms. The Bertz CT molecular complexity index is 846. The molecule has 24 heavy (non-hydrogen) atoms. The Labute approximate surface area is 148 Å². The van der Waals surface area contributed by atoms with Crippen LogP contribution in [0.2, 0.25) is 0 Å². The molecular formula is C19H21NO2S2. The van der Waals surface area contributed by atoms with E-state index in [9.17, 15) is 8.42 Å². The molecule has 1 saturated carbocycles. The first-order valence-electron chi connectivity index (χ1n) is 8.44. The van der Waals surface area contributed by atoms with Crippen LogP contribution in [0.15, 0.2) is 58.3 Å². The standard InChI is InChI=1S/C19H21NO2S2/c1-14-10-12-15(13-11-14)24(21,22)20-16-6-2-4-8-18(16)23-19-9-5-3-7-17(19)20/h2,4,6,8,10-13,17,19H,3,5,7,9H2,1H3/t17-,19-/m1/s1. The lowest BCUT2D eigenvalue weighted by Gasteiger charge is -2.44. The molecule has 0 N–H and O–H groups in total. The van der Waals surface area contributed by atoms with Gasteiger partial charge < -0.3 is 0 Å². The van der Waals surface area contributed by atoms with Gasteiger partial charge in [0.1, 0.15) is 0 Å². The average molecular weight is 360 g/mol. The highest BCUT2D eigenvalue weighted by molar-refractivity contribution is 8.00. The second kappa shape index (κ2) is 6.12. The van der Waals surface area contributed by atoms with Gasteiger partial charge in [-0.2, -0.15) is 0 Å². The van der Waals surface area contributed by atoms with Crippen LogP contribution in [0.25, 0.3) is 0 Å². The predicted octanol–water partition coefficient (Wildman–Crippen LogP) is 4.61. The monoisotopic (exact) mass is 359 g/mol. The van der Waals surface area contributed by atoms with E-state index in [1.165, 1.54) is 6.42 Å². The van der Waals surface area contributed by atoms with Crippen LogP contribution >= 0.6 is 11.8 Å². The minimum absolute atomic E-state index is 0.0601. The highest BCUT2D eigenvalue weighted by Crippen LogP contribution is 2.48. The fourth-order valence-corrected chi connectivity index (χ4v) is 7.03. The molecule has 4 rings (SSSR count). The van der Waals surface area contributed by atoms with E-state index in [2.05, 4.69) is 0 Å². The fourth-order valence-electron chi connectivity index (χ4n) is 3.70. The topological polar surface area (TPSA) is 37.4 Å². The molecule has 0 aromatic heterocycles. The fraction of sp³-hybridized carbons (Fsp3) is 0.368. The molecule has 0 saturated heterocycles. The molecule has 0 radical (unpaired) electrons. The number of aryl methyl sites for hydroxylation is 1. The van der Waals surface area contributed by atoms with Crippen molar-refractivity contribution in [3.05, 3.63) is 54.1 Å². The quantitative estimate of drug-likeness (QED) is 0.786. The molecule has 126 valence electrons. The van der Waals surface area contributed by atoms with Crippen LogP contribution in [-0.2, 0) is 10.0 Å². The summed E-state index contributed by atoms with van der Waals surface area (Å²) in [4.78, 5) is 1.47. The van der Waals surface area contributed by atoms with E-state index in [0.717, 1.165) is 35.4 Å². The van der Waals surface area contributed by atoms with Gasteiger partial charge in [0.05, 0.1) is 16.6 Å². The summed E-state index contributed by atoms with van der Waals surface area (Å²) in [6.45, 7) is 1.97. The zero-order valence-electron chi connectivity index (χ0n) is 13.7. The number of thioether (sulfide) groups is 1. The third-order valence-electron chi connectivity index (χ3n) is 4.93. The number of para-hydroxylation sites is 1. The van der Waals surface area contributed by atoms with E-state index in [1.54, 1.807) is 16.4 Å². The number of hydrogen-bond donors (Lipinski definition) is 0. The van der Waals surface area contributed by atoms with Crippen molar-refractivity contribution in [2.75, 3.05) is 4.31 Å². The van der Waals surface area contributed by atoms with Gasteiger partial charge >= 0.3 is 0 Å². The number of rotatable bonds is 2. The molecule has 1 aliphatic carbocycles. The Hall–Kier alpha value is -1.46. The number of anilines is 1. The van der Waals surface area contributed by atoms with E-state index in [4.69, 9.17) is 0 Å². The molecule has 2 aromatic rings. The first-order valence-corrected chi connectivity index (χ1v) is 10.8. The SMILES string of the molecule is Cc1ccc(S(=O)(=O)N2c3ccccc3S[C@@H]3CCCC[C@H]32)cc1. The van der Waals surface area contributed by atoms with Crippen LogP contribution in [0.5, 0.6) is 0 Å². The van der Waals surface area contributed by atoms with E-state index < -0.39 is 10.0 Å². The molecule has 0 unspecified atom stereocenters. The molecule has 3 nitrogen and oxygen atoms in total. The van der Waals surface area contributed by atoms with Crippen molar-refractivity contribution in [2.24, 2.45) is 0 Å². The molecule has 2 atom stereocenters. The molecule has 5 heteroatoms. The normalized spacial score (nSPS) is 23.5. The molecule has 0 bridgehead atoms. The highest BCUT2D eigenvalue weighted by Gasteiger charge is 2.42. The molecule has 1 fully saturated rings. The minimum atomic E-state index is -3.54. The molecular weight excluding hydrogens is 338 g/mol. The van der Waals surface area contributed by atoms with Crippen LogP contribution in [-0.4, -0.2) is 19.7 Å². The largest absolute Gasteiger partial charge is 0.264 e. The molecule has 0 amide bonds. The first-order chi connectivity index (χ1) is 11.6. The summed E-state index contributed by atoms with van der Waals surface area (Å²) >= 11 is 1.85. The van der Waals surface area contributed by atoms with Crippen LogP contribution in [0.3, 0.4) is 0 Å². The summed E-state index contributed by atoms with van der Waals surface area (Å²) in [6.07, 6.45) is 4.32. The Morgan fingerprint density at radius 1 is 1.00 bits per heavy atom. The van der Waals surface area contributed by atoms with Crippen molar-refractivity contribution in [1.82, 2.24) is 0 Å². The average Bonchev–Trinajstić information content (AvgIpc) is 2.59. The summed E-state index contributed by atoms with van der Waals surface area (Å²) in [5.74, 6) is 0. The maximum atomic E-state index is 13.4. The molecule has 2 aromatic carbocycles. The Balaban J connectivity index is 1.85. The van der Waals surface area contributed by atoms with Gasteiger partial charge in [0.15, 0.2) is 0 Å². The van der Waals surface area contributed by atoms with Gasteiger partial charge in [-0.15, -0.1) is 11.8 Å². The van der Waals surface area contributed by atoms with Crippen LogP contribution in [0.4, 0.5) is 5.69 Å². The maximum absolute atomic E-state index is 13.4. The molecule has 1 aliphatic heterocycles. The molecule has 1 heterocycles. The van der Waals surface area contributed by atoms with Crippen molar-refractivity contribution >= 4 is 27.5 Å². The Kier molecular flexibility index (Phi) is 4.09. The van der Waals surface area contributed by atoms with Crippen LogP contribution in [0, 0.1) is 6.92 Å². The maximum Gasteiger partial charge on any atom is 0.264 e. The van der Waals surface area contributed by atoms with Crippen LogP contribution < -0.4 is 4.31 Å². The minimum Gasteiger partial charge on any atom is -0.261 e. The summed E-state index contributed by atoms with van der Waals surface area (Å²) < 4.78 is 28.6. The zero-order chi connectivity index (χ0) is 16.7. The summed E-state index contributed by atoms with van der Waals surface area (Å²) in [5.41, 5.74) is 1.91. The lowest BCUT2D eigenvalue weighted by Crippen LogP contribution is -2.49. The summed E-state index contributed by atoms with van der Waals surface area (Å²) in [7, 11) is -3.54. The van der Waals surface area contributed by atoms with Crippen molar-refractivity contribution in [3.8, 4) is 0 Å². The van der Waals surface area contributed by atoms with Gasteiger partial charge in [-0.1, -0.05) is 42.7 Å². The van der Waals surface area contributed by atoms with Gasteiger partial charge in [0.2, 0.25) is 0 Å². The van der Waals surface area contributed by atoms with Gasteiger partial charge in [0, 0.05) is 10.1 Å². The smallest absolute Gasteiger partial charge is 0.261 e. The number of benzene rings is 2. The Morgan fingerprint density at radius 3 is 2.50 bits per heavy atom. The van der Waals surface area contributed by atoms with E-state index >= 15 is 0 Å². The number of sulfonamides is 1. The number of nitrogens with zero attached hydrogens (tertiary/aromatic N) is 1. The lowest BCUT2D eigenvalue weighted by atomic mass is 9.94. The van der Waals surface area contributed by atoms with E-state index in [-0.39, 0.29) is 6.04 Å². The summed E-state index contributed by atoms with van der Waals surface area (Å²) in [6, 6.07) is 15.2. The van der Waals surface area contributed by atoms with E-state index in [1.807, 2.05) is 55.1 Å². The van der Waals surface area contributed by atoms with Crippen molar-refractivity contribution in [1.29, 1.82) is 0 Å². The number of hydrogen-bond acceptors (Lipinski definition) is 3. The lowest BCUT2D eigenvalue weighted by molar-refractivity contribution is 0.444. The van der Waals surface area contributed by atoms with E-state index in [0.29, 0.717) is 10.1 Å². The third-order valence-corrected chi connectivity index (χ3v) is 8.23. The Morgan fingerprint density at radius 2 is 1.71 bits per heavy atom. The van der Waals surface area contributed by atoms with Crippen molar-refractivity contribution < 1.29 is 8.42 Å². The predicted molar refractivity (Wildman–Crippen MR) is 99.2 cm³/mol. The second-order valence-electron chi connectivity index (χ2n) is 6.59. The van der Waals surface area contributed by atoms with Crippen molar-refractivity contribution in [2.45, 2.75) is 53.7 Å². The van der Waals surface area contributed by atoms with Gasteiger partial charge in [-0.3, -0.25) is 4.31 Å². The van der Waals surface area contributed by atoms with Crippen molar-refractivity contribution in [3.63, 3.8) is 0 Å². The molecule has 2 aliphatic rings. The van der Waals surface area contributed by atoms with Crippen LogP contribution in [0.1, 0.15) is 31.2 Å². The number of fused-ring (bicyclic) bond motifs is 2. The first kappa shape index (κ1) is 16.0. The van der Waals surface area contributed by atoms with Gasteiger partial charge in [0.25, 0.3) is 10.0 Å². The second-order valence-corrected chi connectivity index (χ2v) is 9.69. The van der Waals surface area contributed by atoms with Gasteiger partial charge in [-0.05, 0) is 44.0 Å². The third kappa shape index (κ3) is 2.64. The summed E-state index contributed by atoms with van der Waals surface area (Å²) in [5, 5.41) is 0.355.